The molecule has 2 nitrogen and oxygen atoms in total. The van der Waals surface area contributed by atoms with Gasteiger partial charge >= 0.3 is 0 Å². The van der Waals surface area contributed by atoms with E-state index in [1.807, 2.05) is 0 Å². The lowest BCUT2D eigenvalue weighted by atomic mass is 9.33. The fourth-order valence-corrected chi connectivity index (χ4v) is 7.56. The molecule has 0 radical (unpaired) electrons. The van der Waals surface area contributed by atoms with Gasteiger partial charge < -0.3 is 0 Å². The quantitative estimate of drug-likeness (QED) is 0.722. The van der Waals surface area contributed by atoms with Crippen LogP contribution in [0.15, 0.2) is 30.3 Å². The molecule has 1 aromatic rings. The Morgan fingerprint density at radius 1 is 0.960 bits per heavy atom. The largest absolute Gasteiger partial charge is 0.197 e. The average molecular weight is 332 g/mol. The summed E-state index contributed by atoms with van der Waals surface area (Å²) < 4.78 is 0. The first-order valence-corrected chi connectivity index (χ1v) is 9.72. The first kappa shape index (κ1) is 16.7. The van der Waals surface area contributed by atoms with Gasteiger partial charge in [-0.15, -0.1) is 0 Å². The molecule has 4 fully saturated rings. The van der Waals surface area contributed by atoms with Gasteiger partial charge in [0.25, 0.3) is 0 Å². The highest BCUT2D eigenvalue weighted by molar-refractivity contribution is 5.33. The average Bonchev–Trinajstić information content (AvgIpc) is 2.57. The van der Waals surface area contributed by atoms with Crippen LogP contribution in [0.2, 0.25) is 0 Å². The van der Waals surface area contributed by atoms with Crippen molar-refractivity contribution in [3.8, 4) is 12.1 Å². The minimum atomic E-state index is -0.490. The summed E-state index contributed by atoms with van der Waals surface area (Å²) in [5.74, 6) is 1.26. The molecule has 2 heteroatoms. The summed E-state index contributed by atoms with van der Waals surface area (Å²) in [6.45, 7) is 6.81. The lowest BCUT2D eigenvalue weighted by Gasteiger charge is -2.69. The molecule has 0 heterocycles. The van der Waals surface area contributed by atoms with Gasteiger partial charge in [-0.25, -0.2) is 0 Å². The molecule has 0 saturated heterocycles. The van der Waals surface area contributed by atoms with Crippen LogP contribution in [0.3, 0.4) is 0 Å². The van der Waals surface area contributed by atoms with Crippen molar-refractivity contribution in [1.82, 2.24) is 0 Å². The zero-order valence-corrected chi connectivity index (χ0v) is 15.6. The van der Waals surface area contributed by atoms with Crippen molar-refractivity contribution in [2.45, 2.75) is 58.3 Å². The Kier molecular flexibility index (Phi) is 3.56. The van der Waals surface area contributed by atoms with Crippen molar-refractivity contribution in [3.05, 3.63) is 35.9 Å². The topological polar surface area (TPSA) is 47.6 Å². The first-order chi connectivity index (χ1) is 11.9. The van der Waals surface area contributed by atoms with E-state index in [9.17, 15) is 10.5 Å². The second kappa shape index (κ2) is 5.35. The maximum atomic E-state index is 9.85. The van der Waals surface area contributed by atoms with E-state index < -0.39 is 5.92 Å². The Labute approximate surface area is 151 Å². The highest BCUT2D eigenvalue weighted by Crippen LogP contribution is 2.73. The molecule has 3 unspecified atom stereocenters. The van der Waals surface area contributed by atoms with Gasteiger partial charge in [0, 0.05) is 5.41 Å². The zero-order chi connectivity index (χ0) is 17.9. The van der Waals surface area contributed by atoms with E-state index in [1.54, 1.807) is 0 Å². The molecule has 0 aromatic heterocycles. The highest BCUT2D eigenvalue weighted by atomic mass is 14.7. The molecule has 0 spiro atoms. The van der Waals surface area contributed by atoms with Crippen LogP contribution in [0.4, 0.5) is 0 Å². The molecule has 25 heavy (non-hydrogen) atoms. The molecule has 130 valence electrons. The second-order valence-corrected chi connectivity index (χ2v) is 9.86. The lowest BCUT2D eigenvalue weighted by Crippen LogP contribution is -2.65. The lowest BCUT2D eigenvalue weighted by molar-refractivity contribution is -0.185. The summed E-state index contributed by atoms with van der Waals surface area (Å²) >= 11 is 0. The molecular weight excluding hydrogens is 304 g/mol. The Bertz CT molecular complexity index is 713. The minimum absolute atomic E-state index is 0.0242. The number of nitrogens with zero attached hydrogens (tertiary/aromatic N) is 2. The summed E-state index contributed by atoms with van der Waals surface area (Å²) in [5, 5.41) is 19.7. The van der Waals surface area contributed by atoms with Crippen LogP contribution < -0.4 is 0 Å². The van der Waals surface area contributed by atoms with Crippen LogP contribution in [0, 0.1) is 57.2 Å². The molecule has 4 aliphatic rings. The van der Waals surface area contributed by atoms with E-state index in [2.05, 4.69) is 63.2 Å². The second-order valence-electron chi connectivity index (χ2n) is 9.86. The van der Waals surface area contributed by atoms with Gasteiger partial charge in [0.05, 0.1) is 12.1 Å². The number of hydrogen-bond donors (Lipinski definition) is 0. The predicted octanol–water partition coefficient (Wildman–Crippen LogP) is 5.46. The summed E-state index contributed by atoms with van der Waals surface area (Å²) in [5.41, 5.74) is 1.58. The molecule has 1 aromatic carbocycles. The third-order valence-corrected chi connectivity index (χ3v) is 7.96. The Morgan fingerprint density at radius 3 is 2.00 bits per heavy atom. The van der Waals surface area contributed by atoms with Crippen LogP contribution in [-0.4, -0.2) is 0 Å². The molecule has 4 aliphatic carbocycles. The minimum Gasteiger partial charge on any atom is -0.197 e. The fourth-order valence-electron chi connectivity index (χ4n) is 7.56. The van der Waals surface area contributed by atoms with Gasteiger partial charge in [0.15, 0.2) is 0 Å². The zero-order valence-electron chi connectivity index (χ0n) is 15.6. The van der Waals surface area contributed by atoms with Gasteiger partial charge in [-0.05, 0) is 66.3 Å². The molecule has 0 N–H and O–H groups in total. The van der Waals surface area contributed by atoms with Crippen molar-refractivity contribution in [2.75, 3.05) is 0 Å². The third kappa shape index (κ3) is 2.07. The van der Waals surface area contributed by atoms with Gasteiger partial charge in [-0.3, -0.25) is 0 Å². The van der Waals surface area contributed by atoms with Crippen LogP contribution in [0.25, 0.3) is 0 Å². The summed E-state index contributed by atoms with van der Waals surface area (Å²) in [6.07, 6.45) is 6.03. The normalized spacial score (nSPS) is 39.2. The summed E-state index contributed by atoms with van der Waals surface area (Å²) in [7, 11) is 0. The Morgan fingerprint density at radius 2 is 1.52 bits per heavy atom. The standard InChI is InChI=1S/C23H28N2/c1-21(2,3)23(20(14-24)15-25)18-9-16-10-19(23)13-22(11-16,12-18)17-7-5-4-6-8-17/h4-8,16,18-20H,9-13H2,1-3H3/t16?,18-,19+,22?,23?. The van der Waals surface area contributed by atoms with Crippen molar-refractivity contribution in [1.29, 1.82) is 10.5 Å². The van der Waals surface area contributed by atoms with Gasteiger partial charge in [-0.1, -0.05) is 51.1 Å². The molecular formula is C23H28N2. The molecule has 0 aliphatic heterocycles. The molecule has 4 saturated carbocycles. The first-order valence-electron chi connectivity index (χ1n) is 9.72. The number of nitriles is 2. The maximum Gasteiger partial charge on any atom is 0.139 e. The van der Waals surface area contributed by atoms with E-state index in [0.717, 1.165) is 18.8 Å². The van der Waals surface area contributed by atoms with Crippen LogP contribution in [-0.2, 0) is 5.41 Å². The number of rotatable bonds is 2. The van der Waals surface area contributed by atoms with Gasteiger partial charge in [0.1, 0.15) is 5.92 Å². The van der Waals surface area contributed by atoms with E-state index in [1.165, 1.54) is 24.8 Å². The van der Waals surface area contributed by atoms with Crippen molar-refractivity contribution in [3.63, 3.8) is 0 Å². The monoisotopic (exact) mass is 332 g/mol. The van der Waals surface area contributed by atoms with Gasteiger partial charge in [-0.2, -0.15) is 10.5 Å². The predicted molar refractivity (Wildman–Crippen MR) is 98.3 cm³/mol. The fraction of sp³-hybridized carbons (Fsp3) is 0.652. The Balaban J connectivity index is 1.84. The van der Waals surface area contributed by atoms with Crippen molar-refractivity contribution >= 4 is 0 Å². The van der Waals surface area contributed by atoms with E-state index in [0.29, 0.717) is 11.8 Å². The van der Waals surface area contributed by atoms with E-state index in [-0.39, 0.29) is 16.2 Å². The maximum absolute atomic E-state index is 9.85. The van der Waals surface area contributed by atoms with Gasteiger partial charge in [0.2, 0.25) is 0 Å². The SMILES string of the molecule is CC(C)(C)C1(C(C#N)C#N)[C@@H]2CC3C[C@H]1CC(c1ccccc1)(C3)C2. The molecule has 5 rings (SSSR count). The van der Waals surface area contributed by atoms with Crippen LogP contribution >= 0.6 is 0 Å². The molecule has 5 atom stereocenters. The summed E-state index contributed by atoms with van der Waals surface area (Å²) in [6, 6.07) is 15.9. The highest BCUT2D eigenvalue weighted by Gasteiger charge is 2.68. The third-order valence-electron chi connectivity index (χ3n) is 7.96. The number of hydrogen-bond acceptors (Lipinski definition) is 2. The summed E-state index contributed by atoms with van der Waals surface area (Å²) in [4.78, 5) is 0. The van der Waals surface area contributed by atoms with Crippen LogP contribution in [0.5, 0.6) is 0 Å². The van der Waals surface area contributed by atoms with E-state index in [4.69, 9.17) is 0 Å². The molecule has 0 amide bonds. The van der Waals surface area contributed by atoms with Crippen molar-refractivity contribution < 1.29 is 0 Å². The van der Waals surface area contributed by atoms with E-state index >= 15 is 0 Å². The number of benzene rings is 1. The Hall–Kier alpha value is -1.80. The smallest absolute Gasteiger partial charge is 0.139 e. The van der Waals surface area contributed by atoms with Crippen LogP contribution in [0.1, 0.15) is 58.4 Å². The molecule has 4 bridgehead atoms. The van der Waals surface area contributed by atoms with Crippen molar-refractivity contribution in [2.24, 2.45) is 34.5 Å².